The molecule has 0 fully saturated rings. The van der Waals surface area contributed by atoms with Crippen LogP contribution in [0, 0.1) is 0 Å². The van der Waals surface area contributed by atoms with Gasteiger partial charge < -0.3 is 15.5 Å². The van der Waals surface area contributed by atoms with Crippen molar-refractivity contribution >= 4 is 17.5 Å². The summed E-state index contributed by atoms with van der Waals surface area (Å²) in [7, 11) is 0. The van der Waals surface area contributed by atoms with Crippen LogP contribution in [0.5, 0.6) is 0 Å². The van der Waals surface area contributed by atoms with Crippen LogP contribution in [0.3, 0.4) is 0 Å². The molecule has 15 heavy (non-hydrogen) atoms. The standard InChI is InChI=1S/C8H10ClN3O3/c9-7-2-1-6(11-12-7)8(15)10-3-5(14)4-13/h1-2,5,13-14H,3-4H2,(H,10,15)/t5-/m1/s1. The number of nitrogens with zero attached hydrogens (tertiary/aromatic N) is 2. The Balaban J connectivity index is 2.50. The Bertz CT molecular complexity index is 330. The van der Waals surface area contributed by atoms with Crippen molar-refractivity contribution in [3.8, 4) is 0 Å². The molecule has 1 rings (SSSR count). The van der Waals surface area contributed by atoms with Crippen LogP contribution in [-0.2, 0) is 0 Å². The maximum Gasteiger partial charge on any atom is 0.271 e. The van der Waals surface area contributed by atoms with Crippen molar-refractivity contribution in [2.24, 2.45) is 0 Å². The van der Waals surface area contributed by atoms with Crippen LogP contribution >= 0.6 is 11.6 Å². The lowest BCUT2D eigenvalue weighted by Gasteiger charge is -2.07. The lowest BCUT2D eigenvalue weighted by atomic mass is 10.3. The molecule has 0 aliphatic rings. The molecule has 6 nitrogen and oxygen atoms in total. The minimum atomic E-state index is -0.978. The Kier molecular flexibility index (Phi) is 4.41. The van der Waals surface area contributed by atoms with Crippen molar-refractivity contribution in [2.75, 3.05) is 13.2 Å². The SMILES string of the molecule is O=C(NC[C@@H](O)CO)c1ccc(Cl)nn1. The predicted molar refractivity (Wildman–Crippen MR) is 52.5 cm³/mol. The van der Waals surface area contributed by atoms with Crippen molar-refractivity contribution in [3.05, 3.63) is 23.0 Å². The van der Waals surface area contributed by atoms with Gasteiger partial charge in [0.1, 0.15) is 0 Å². The molecular formula is C8H10ClN3O3. The van der Waals surface area contributed by atoms with E-state index in [0.717, 1.165) is 0 Å². The molecule has 0 aliphatic carbocycles. The van der Waals surface area contributed by atoms with Crippen molar-refractivity contribution in [1.29, 1.82) is 0 Å². The highest BCUT2D eigenvalue weighted by Crippen LogP contribution is 2.01. The molecule has 0 radical (unpaired) electrons. The number of halogens is 1. The molecule has 0 saturated heterocycles. The largest absolute Gasteiger partial charge is 0.394 e. The number of rotatable bonds is 4. The van der Waals surface area contributed by atoms with Crippen LogP contribution in [0.15, 0.2) is 12.1 Å². The Morgan fingerprint density at radius 3 is 2.80 bits per heavy atom. The van der Waals surface area contributed by atoms with E-state index in [-0.39, 0.29) is 17.4 Å². The van der Waals surface area contributed by atoms with Gasteiger partial charge in [0.05, 0.1) is 12.7 Å². The van der Waals surface area contributed by atoms with Crippen molar-refractivity contribution in [1.82, 2.24) is 15.5 Å². The zero-order valence-electron chi connectivity index (χ0n) is 7.72. The topological polar surface area (TPSA) is 95.3 Å². The third-order valence-electron chi connectivity index (χ3n) is 1.57. The summed E-state index contributed by atoms with van der Waals surface area (Å²) in [6.45, 7) is -0.452. The van der Waals surface area contributed by atoms with Gasteiger partial charge in [-0.05, 0) is 12.1 Å². The summed E-state index contributed by atoms with van der Waals surface area (Å²) in [4.78, 5) is 11.3. The maximum absolute atomic E-state index is 11.3. The summed E-state index contributed by atoms with van der Waals surface area (Å²) in [5.41, 5.74) is 0.101. The first-order chi connectivity index (χ1) is 7.13. The van der Waals surface area contributed by atoms with E-state index in [9.17, 15) is 4.79 Å². The Morgan fingerprint density at radius 2 is 2.27 bits per heavy atom. The summed E-state index contributed by atoms with van der Waals surface area (Å²) in [5.74, 6) is -0.480. The van der Waals surface area contributed by atoms with Crippen molar-refractivity contribution in [3.63, 3.8) is 0 Å². The molecule has 0 aliphatic heterocycles. The van der Waals surface area contributed by atoms with Crippen molar-refractivity contribution in [2.45, 2.75) is 6.10 Å². The van der Waals surface area contributed by atoms with Crippen LogP contribution in [0.1, 0.15) is 10.5 Å². The Hall–Kier alpha value is -1.24. The third-order valence-corrected chi connectivity index (χ3v) is 1.78. The van der Waals surface area contributed by atoms with E-state index in [1.165, 1.54) is 12.1 Å². The summed E-state index contributed by atoms with van der Waals surface area (Å²) in [6.07, 6.45) is -0.978. The number of aromatic nitrogens is 2. The number of carbonyl (C=O) groups excluding carboxylic acids is 1. The molecule has 0 saturated carbocycles. The number of hydrogen-bond donors (Lipinski definition) is 3. The summed E-state index contributed by atoms with van der Waals surface area (Å²) < 4.78 is 0. The van der Waals surface area contributed by atoms with Gasteiger partial charge in [-0.15, -0.1) is 10.2 Å². The molecule has 0 spiro atoms. The van der Waals surface area contributed by atoms with E-state index >= 15 is 0 Å². The molecule has 0 bridgehead atoms. The number of carbonyl (C=O) groups is 1. The smallest absolute Gasteiger partial charge is 0.271 e. The number of hydrogen-bond acceptors (Lipinski definition) is 5. The highest BCUT2D eigenvalue weighted by molar-refractivity contribution is 6.29. The Morgan fingerprint density at radius 1 is 1.53 bits per heavy atom. The number of amides is 1. The highest BCUT2D eigenvalue weighted by Gasteiger charge is 2.09. The molecule has 1 amide bonds. The highest BCUT2D eigenvalue weighted by atomic mass is 35.5. The zero-order chi connectivity index (χ0) is 11.3. The van der Waals surface area contributed by atoms with Crippen molar-refractivity contribution < 1.29 is 15.0 Å². The van der Waals surface area contributed by atoms with Gasteiger partial charge in [0.25, 0.3) is 5.91 Å². The molecule has 1 heterocycles. The third kappa shape index (κ3) is 3.78. The fourth-order valence-corrected chi connectivity index (χ4v) is 0.904. The predicted octanol–water partition coefficient (Wildman–Crippen LogP) is -0.787. The lowest BCUT2D eigenvalue weighted by molar-refractivity contribution is 0.0798. The molecule has 0 unspecified atom stereocenters. The average Bonchev–Trinajstić information content (AvgIpc) is 2.26. The van der Waals surface area contributed by atoms with Crippen LogP contribution < -0.4 is 5.32 Å². The second-order valence-electron chi connectivity index (χ2n) is 2.79. The van der Waals surface area contributed by atoms with Crippen LogP contribution in [0.4, 0.5) is 0 Å². The first kappa shape index (κ1) is 11.8. The van der Waals surface area contributed by atoms with E-state index < -0.39 is 18.6 Å². The van der Waals surface area contributed by atoms with Gasteiger partial charge in [0, 0.05) is 6.54 Å². The van der Waals surface area contributed by atoms with E-state index in [1.54, 1.807) is 0 Å². The normalized spacial score (nSPS) is 12.2. The number of aliphatic hydroxyl groups excluding tert-OH is 2. The monoisotopic (exact) mass is 231 g/mol. The summed E-state index contributed by atoms with van der Waals surface area (Å²) >= 11 is 5.49. The molecule has 3 N–H and O–H groups in total. The van der Waals surface area contributed by atoms with Crippen LogP contribution in [0.25, 0.3) is 0 Å². The number of nitrogens with one attached hydrogen (secondary N) is 1. The van der Waals surface area contributed by atoms with E-state index in [4.69, 9.17) is 21.8 Å². The molecule has 82 valence electrons. The van der Waals surface area contributed by atoms with Gasteiger partial charge in [-0.25, -0.2) is 0 Å². The van der Waals surface area contributed by atoms with Gasteiger partial charge in [-0.3, -0.25) is 4.79 Å². The van der Waals surface area contributed by atoms with Gasteiger partial charge in [-0.2, -0.15) is 0 Å². The molecule has 0 aromatic carbocycles. The van der Waals surface area contributed by atoms with E-state index in [1.807, 2.05) is 0 Å². The average molecular weight is 232 g/mol. The fourth-order valence-electron chi connectivity index (χ4n) is 0.803. The molecule has 1 atom stereocenters. The van der Waals surface area contributed by atoms with Gasteiger partial charge in [-0.1, -0.05) is 11.6 Å². The summed E-state index contributed by atoms with van der Waals surface area (Å²) in [6, 6.07) is 2.85. The maximum atomic E-state index is 11.3. The number of aliphatic hydroxyl groups is 2. The molecule has 7 heteroatoms. The first-order valence-electron chi connectivity index (χ1n) is 4.20. The minimum absolute atomic E-state index is 0.0420. The summed E-state index contributed by atoms with van der Waals surface area (Å²) in [5, 5.41) is 27.1. The second-order valence-corrected chi connectivity index (χ2v) is 3.17. The Labute approximate surface area is 90.9 Å². The fraction of sp³-hybridized carbons (Fsp3) is 0.375. The van der Waals surface area contributed by atoms with Gasteiger partial charge in [0.15, 0.2) is 10.8 Å². The molecule has 1 aromatic rings. The minimum Gasteiger partial charge on any atom is -0.394 e. The lowest BCUT2D eigenvalue weighted by Crippen LogP contribution is -2.34. The van der Waals surface area contributed by atoms with E-state index in [2.05, 4.69) is 15.5 Å². The molecule has 1 aromatic heterocycles. The zero-order valence-corrected chi connectivity index (χ0v) is 8.48. The van der Waals surface area contributed by atoms with Crippen LogP contribution in [-0.4, -0.2) is 45.6 Å². The second kappa shape index (κ2) is 5.59. The van der Waals surface area contributed by atoms with Gasteiger partial charge >= 0.3 is 0 Å². The molecular weight excluding hydrogens is 222 g/mol. The van der Waals surface area contributed by atoms with Gasteiger partial charge in [0.2, 0.25) is 0 Å². The van der Waals surface area contributed by atoms with E-state index in [0.29, 0.717) is 0 Å². The quantitative estimate of drug-likeness (QED) is 0.632. The van der Waals surface area contributed by atoms with Crippen LogP contribution in [0.2, 0.25) is 5.15 Å². The first-order valence-corrected chi connectivity index (χ1v) is 4.57.